The van der Waals surface area contributed by atoms with Crippen molar-refractivity contribution in [2.24, 2.45) is 4.99 Å². The Morgan fingerprint density at radius 1 is 1.12 bits per heavy atom. The smallest absolute Gasteiger partial charge is 0.269 e. The maximum absolute atomic E-state index is 10.8. The fourth-order valence-corrected chi connectivity index (χ4v) is 3.57. The van der Waals surface area contributed by atoms with Crippen molar-refractivity contribution in [2.75, 3.05) is 39.3 Å². The maximum atomic E-state index is 10.8. The molecule has 32 heavy (non-hydrogen) atoms. The Morgan fingerprint density at radius 3 is 2.22 bits per heavy atom. The first kappa shape index (κ1) is 25.5. The number of methoxy groups -OCH3 is 2. The molecule has 1 aliphatic rings. The first-order valence-electron chi connectivity index (χ1n) is 10.2. The number of hydrogen-bond donors (Lipinski definition) is 2. The molecule has 0 aliphatic carbocycles. The van der Waals surface area contributed by atoms with Crippen LogP contribution >= 0.6 is 24.0 Å². The predicted molar refractivity (Wildman–Crippen MR) is 137 cm³/mol. The Kier molecular flexibility index (Phi) is 9.82. The number of aliphatic imine (C=N–C) groups is 1. The Morgan fingerprint density at radius 2 is 1.72 bits per heavy atom. The summed E-state index contributed by atoms with van der Waals surface area (Å²) in [5.74, 6) is 2.29. The SMILES string of the molecule is CN=C(NCc1ccc([N+](=O)[O-])cc1)NC1CCN(c2cc(OC)cc(OC)c2)CC1.I. The van der Waals surface area contributed by atoms with Gasteiger partial charge in [-0.25, -0.2) is 0 Å². The van der Waals surface area contributed by atoms with Gasteiger partial charge in [-0.3, -0.25) is 15.1 Å². The van der Waals surface area contributed by atoms with Gasteiger partial charge in [0, 0.05) is 68.7 Å². The second kappa shape index (κ2) is 12.3. The molecule has 1 fully saturated rings. The van der Waals surface area contributed by atoms with Crippen LogP contribution in [0.3, 0.4) is 0 Å². The van der Waals surface area contributed by atoms with Gasteiger partial charge in [-0.15, -0.1) is 24.0 Å². The normalized spacial score (nSPS) is 14.3. The van der Waals surface area contributed by atoms with Crippen molar-refractivity contribution < 1.29 is 14.4 Å². The number of guanidine groups is 1. The van der Waals surface area contributed by atoms with Crippen molar-refractivity contribution in [3.8, 4) is 11.5 Å². The van der Waals surface area contributed by atoms with Crippen molar-refractivity contribution in [2.45, 2.75) is 25.4 Å². The summed E-state index contributed by atoms with van der Waals surface area (Å²) in [4.78, 5) is 17.0. The third kappa shape index (κ3) is 6.87. The van der Waals surface area contributed by atoms with E-state index in [1.807, 2.05) is 18.2 Å². The van der Waals surface area contributed by atoms with E-state index in [1.54, 1.807) is 33.4 Å². The molecule has 0 spiro atoms. The summed E-state index contributed by atoms with van der Waals surface area (Å²) >= 11 is 0. The van der Waals surface area contributed by atoms with Crippen molar-refractivity contribution in [3.63, 3.8) is 0 Å². The van der Waals surface area contributed by atoms with Gasteiger partial charge in [0.1, 0.15) is 11.5 Å². The van der Waals surface area contributed by atoms with Gasteiger partial charge in [-0.1, -0.05) is 12.1 Å². The first-order valence-corrected chi connectivity index (χ1v) is 10.2. The van der Waals surface area contributed by atoms with Crippen molar-refractivity contribution in [1.82, 2.24) is 10.6 Å². The molecule has 1 saturated heterocycles. The quantitative estimate of drug-likeness (QED) is 0.177. The highest BCUT2D eigenvalue weighted by Gasteiger charge is 2.21. The number of piperidine rings is 1. The molecule has 0 saturated carbocycles. The number of rotatable bonds is 7. The van der Waals surface area contributed by atoms with Crippen LogP contribution in [0.5, 0.6) is 11.5 Å². The van der Waals surface area contributed by atoms with E-state index in [1.165, 1.54) is 12.1 Å². The van der Waals surface area contributed by atoms with Gasteiger partial charge < -0.3 is 25.0 Å². The van der Waals surface area contributed by atoms with Crippen LogP contribution < -0.4 is 25.0 Å². The molecular formula is C22H30IN5O4. The number of nitrogens with zero attached hydrogens (tertiary/aromatic N) is 3. The molecular weight excluding hydrogens is 525 g/mol. The summed E-state index contributed by atoms with van der Waals surface area (Å²) in [6.07, 6.45) is 1.94. The average Bonchev–Trinajstić information content (AvgIpc) is 2.81. The fourth-order valence-electron chi connectivity index (χ4n) is 3.57. The number of nitrogens with one attached hydrogen (secondary N) is 2. The lowest BCUT2D eigenvalue weighted by Gasteiger charge is -2.34. The molecule has 2 aromatic rings. The number of hydrogen-bond acceptors (Lipinski definition) is 6. The number of nitro groups is 1. The third-order valence-corrected chi connectivity index (χ3v) is 5.37. The molecule has 0 aromatic heterocycles. The minimum atomic E-state index is -0.397. The standard InChI is InChI=1S/C22H29N5O4.HI/c1-23-22(24-15-16-4-6-18(7-5-16)27(28)29)25-17-8-10-26(11-9-17)19-12-20(30-2)14-21(13-19)31-3;/h4-7,12-14,17H,8-11,15H2,1-3H3,(H2,23,24,25);1H. The van der Waals surface area contributed by atoms with Crippen LogP contribution in [0.15, 0.2) is 47.5 Å². The molecule has 9 nitrogen and oxygen atoms in total. The Balaban J connectivity index is 0.00000363. The highest BCUT2D eigenvalue weighted by Crippen LogP contribution is 2.30. The fraction of sp³-hybridized carbons (Fsp3) is 0.409. The molecule has 3 rings (SSSR count). The Bertz CT molecular complexity index is 893. The minimum absolute atomic E-state index is 0. The number of benzene rings is 2. The van der Waals surface area contributed by atoms with E-state index in [0.717, 1.165) is 54.6 Å². The lowest BCUT2D eigenvalue weighted by molar-refractivity contribution is -0.384. The molecule has 0 atom stereocenters. The Labute approximate surface area is 205 Å². The monoisotopic (exact) mass is 555 g/mol. The number of nitro benzene ring substituents is 1. The zero-order chi connectivity index (χ0) is 22.2. The van der Waals surface area contributed by atoms with Crippen molar-refractivity contribution >= 4 is 41.3 Å². The summed E-state index contributed by atoms with van der Waals surface area (Å²) in [6, 6.07) is 12.8. The second-order valence-electron chi connectivity index (χ2n) is 7.33. The Hall–Kier alpha value is -2.76. The van der Waals surface area contributed by atoms with Crippen LogP contribution in [-0.2, 0) is 6.54 Å². The van der Waals surface area contributed by atoms with Gasteiger partial charge in [0.15, 0.2) is 5.96 Å². The molecule has 0 amide bonds. The topological polar surface area (TPSA) is 101 Å². The highest BCUT2D eigenvalue weighted by atomic mass is 127. The zero-order valence-corrected chi connectivity index (χ0v) is 20.9. The second-order valence-corrected chi connectivity index (χ2v) is 7.33. The van der Waals surface area contributed by atoms with E-state index in [2.05, 4.69) is 20.5 Å². The van der Waals surface area contributed by atoms with Crippen LogP contribution in [0.4, 0.5) is 11.4 Å². The predicted octanol–water partition coefficient (Wildman–Crippen LogP) is 3.56. The number of non-ortho nitro benzene ring substituents is 1. The number of halogens is 1. The minimum Gasteiger partial charge on any atom is -0.497 e. The molecule has 174 valence electrons. The summed E-state index contributed by atoms with van der Waals surface area (Å²) in [5.41, 5.74) is 2.14. The molecule has 1 aliphatic heterocycles. The van der Waals surface area contributed by atoms with E-state index in [0.29, 0.717) is 12.6 Å². The van der Waals surface area contributed by atoms with Crippen LogP contribution in [0.1, 0.15) is 18.4 Å². The molecule has 10 heteroatoms. The summed E-state index contributed by atoms with van der Waals surface area (Å²) < 4.78 is 10.8. The summed E-state index contributed by atoms with van der Waals surface area (Å²) in [5, 5.41) is 17.5. The molecule has 0 unspecified atom stereocenters. The van der Waals surface area contributed by atoms with Crippen LogP contribution in [-0.4, -0.2) is 51.3 Å². The van der Waals surface area contributed by atoms with E-state index in [-0.39, 0.29) is 29.7 Å². The van der Waals surface area contributed by atoms with Crippen LogP contribution in [0, 0.1) is 10.1 Å². The van der Waals surface area contributed by atoms with Crippen LogP contribution in [0.25, 0.3) is 0 Å². The zero-order valence-electron chi connectivity index (χ0n) is 18.5. The van der Waals surface area contributed by atoms with E-state index in [4.69, 9.17) is 9.47 Å². The summed E-state index contributed by atoms with van der Waals surface area (Å²) in [7, 11) is 5.05. The van der Waals surface area contributed by atoms with Crippen molar-refractivity contribution in [3.05, 3.63) is 58.1 Å². The number of anilines is 1. The highest BCUT2D eigenvalue weighted by molar-refractivity contribution is 14.0. The average molecular weight is 555 g/mol. The van der Waals surface area contributed by atoms with Crippen LogP contribution in [0.2, 0.25) is 0 Å². The molecule has 1 heterocycles. The molecule has 0 bridgehead atoms. The van der Waals surface area contributed by atoms with Crippen molar-refractivity contribution in [1.29, 1.82) is 0 Å². The molecule has 2 N–H and O–H groups in total. The van der Waals surface area contributed by atoms with Gasteiger partial charge >= 0.3 is 0 Å². The third-order valence-electron chi connectivity index (χ3n) is 5.37. The lowest BCUT2D eigenvalue weighted by Crippen LogP contribution is -2.48. The van der Waals surface area contributed by atoms with Gasteiger partial charge in [-0.2, -0.15) is 0 Å². The first-order chi connectivity index (χ1) is 15.0. The van der Waals surface area contributed by atoms with Gasteiger partial charge in [0.05, 0.1) is 19.1 Å². The largest absolute Gasteiger partial charge is 0.497 e. The summed E-state index contributed by atoms with van der Waals surface area (Å²) in [6.45, 7) is 2.36. The van der Waals surface area contributed by atoms with E-state index >= 15 is 0 Å². The lowest BCUT2D eigenvalue weighted by atomic mass is 10.0. The number of ether oxygens (including phenoxy) is 2. The van der Waals surface area contributed by atoms with E-state index in [9.17, 15) is 10.1 Å². The van der Waals surface area contributed by atoms with Gasteiger partial charge in [0.25, 0.3) is 5.69 Å². The van der Waals surface area contributed by atoms with Gasteiger partial charge in [-0.05, 0) is 18.4 Å². The molecule has 0 radical (unpaired) electrons. The van der Waals surface area contributed by atoms with Gasteiger partial charge in [0.2, 0.25) is 0 Å². The van der Waals surface area contributed by atoms with E-state index < -0.39 is 4.92 Å². The maximum Gasteiger partial charge on any atom is 0.269 e. The molecule has 2 aromatic carbocycles.